The normalized spacial score (nSPS) is 10.7. The van der Waals surface area contributed by atoms with E-state index in [1.807, 2.05) is 6.92 Å². The second-order valence-corrected chi connectivity index (χ2v) is 2.68. The first-order valence-corrected chi connectivity index (χ1v) is 3.39. The monoisotopic (exact) mass is 219 g/mol. The van der Waals surface area contributed by atoms with Gasteiger partial charge in [-0.1, -0.05) is 0 Å². The molecule has 4 N–H and O–H groups in total. The van der Waals surface area contributed by atoms with Gasteiger partial charge in [-0.15, -0.1) is 24.8 Å². The van der Waals surface area contributed by atoms with Crippen LogP contribution < -0.4 is 11.1 Å². The van der Waals surface area contributed by atoms with Crippen molar-refractivity contribution < 1.29 is 0 Å². The number of thiol groups is 1. The summed E-state index contributed by atoms with van der Waals surface area (Å²) >= 11 is 4.08. The quantitative estimate of drug-likeness (QED) is 0.247. The summed E-state index contributed by atoms with van der Waals surface area (Å²) in [4.78, 5) is 0. The van der Waals surface area contributed by atoms with Crippen molar-refractivity contribution in [2.45, 2.75) is 18.7 Å². The van der Waals surface area contributed by atoms with Gasteiger partial charge in [-0.2, -0.15) is 12.6 Å². The Hall–Kier alpha value is 0.360. The maximum absolute atomic E-state index is 6.85. The summed E-state index contributed by atoms with van der Waals surface area (Å²) in [5.74, 6) is 0.219. The Balaban J connectivity index is -0.000000320. The molecule has 11 heavy (non-hydrogen) atoms. The molecule has 0 aliphatic carbocycles. The molecule has 1 atom stereocenters. The molecule has 0 heterocycles. The van der Waals surface area contributed by atoms with Crippen molar-refractivity contribution in [3.63, 3.8) is 0 Å². The van der Waals surface area contributed by atoms with Crippen LogP contribution >= 0.6 is 37.4 Å². The van der Waals surface area contributed by atoms with Gasteiger partial charge < -0.3 is 11.1 Å². The van der Waals surface area contributed by atoms with Gasteiger partial charge in [0, 0.05) is 18.3 Å². The number of hydrogen-bond donors (Lipinski definition) is 4. The number of hydrogen-bond acceptors (Lipinski definition) is 3. The van der Waals surface area contributed by atoms with Gasteiger partial charge in [0.15, 0.2) is 0 Å². The summed E-state index contributed by atoms with van der Waals surface area (Å²) in [5, 5.41) is 10.1. The van der Waals surface area contributed by atoms with E-state index in [1.54, 1.807) is 0 Å². The van der Waals surface area contributed by atoms with Gasteiger partial charge in [0.1, 0.15) is 0 Å². The molecule has 0 saturated heterocycles. The predicted octanol–water partition coefficient (Wildman–Crippen LogP) is 1.02. The Morgan fingerprint density at radius 2 is 2.09 bits per heavy atom. The van der Waals surface area contributed by atoms with Crippen molar-refractivity contribution in [2.24, 2.45) is 5.73 Å². The first-order valence-electron chi connectivity index (χ1n) is 2.87. The molecule has 0 bridgehead atoms. The Morgan fingerprint density at radius 1 is 1.64 bits per heavy atom. The molecular formula is C5H15Cl2N3S. The summed E-state index contributed by atoms with van der Waals surface area (Å²) in [6.07, 6.45) is 0.602. The zero-order chi connectivity index (χ0) is 7.28. The molecule has 0 aromatic heterocycles. The summed E-state index contributed by atoms with van der Waals surface area (Å²) < 4.78 is 0. The van der Waals surface area contributed by atoms with Crippen LogP contribution in [0.4, 0.5) is 0 Å². The second-order valence-electron chi connectivity index (χ2n) is 1.91. The molecule has 0 aromatic rings. The van der Waals surface area contributed by atoms with Crippen LogP contribution in [0.2, 0.25) is 0 Å². The molecule has 0 aromatic carbocycles. The zero-order valence-corrected chi connectivity index (χ0v) is 8.86. The number of halogens is 2. The van der Waals surface area contributed by atoms with E-state index in [0.29, 0.717) is 6.42 Å². The van der Waals surface area contributed by atoms with Crippen LogP contribution in [0.1, 0.15) is 13.3 Å². The van der Waals surface area contributed by atoms with Crippen molar-refractivity contribution >= 4 is 43.3 Å². The van der Waals surface area contributed by atoms with Crippen LogP contribution in [-0.2, 0) is 0 Å². The van der Waals surface area contributed by atoms with Crippen LogP contribution in [0.3, 0.4) is 0 Å². The second kappa shape index (κ2) is 10.4. The third-order valence-corrected chi connectivity index (χ3v) is 1.02. The average Bonchev–Trinajstić information content (AvgIpc) is 1.63. The van der Waals surface area contributed by atoms with Gasteiger partial charge in [-0.3, -0.25) is 5.41 Å². The Labute approximate surface area is 85.2 Å². The topological polar surface area (TPSA) is 61.9 Å². The first kappa shape index (κ1) is 17.4. The molecule has 6 heteroatoms. The Bertz CT molecular complexity index is 99.7. The van der Waals surface area contributed by atoms with E-state index < -0.39 is 0 Å². The minimum atomic E-state index is 0. The van der Waals surface area contributed by atoms with Crippen molar-refractivity contribution in [3.8, 4) is 0 Å². The number of nitrogens with two attached hydrogens (primary N) is 1. The summed E-state index contributed by atoms with van der Waals surface area (Å²) in [7, 11) is 0. The van der Waals surface area contributed by atoms with E-state index in [1.165, 1.54) is 0 Å². The zero-order valence-electron chi connectivity index (χ0n) is 6.33. The van der Waals surface area contributed by atoms with Crippen molar-refractivity contribution in [3.05, 3.63) is 0 Å². The average molecular weight is 220 g/mol. The lowest BCUT2D eigenvalue weighted by Gasteiger charge is -2.04. The first-order chi connectivity index (χ1) is 4.13. The van der Waals surface area contributed by atoms with E-state index in [4.69, 9.17) is 11.1 Å². The highest BCUT2D eigenvalue weighted by atomic mass is 35.5. The molecule has 0 aliphatic rings. The standard InChI is InChI=1S/C5H13N3S.2ClH/c1-4(9)8-3-2-5(6)7;;/h4,8-9H,2-3H2,1H3,(H3,6,7);2*1H. The van der Waals surface area contributed by atoms with Crippen molar-refractivity contribution in [1.29, 1.82) is 5.41 Å². The van der Waals surface area contributed by atoms with Gasteiger partial charge in [0.25, 0.3) is 0 Å². The van der Waals surface area contributed by atoms with Crippen LogP contribution in [0.5, 0.6) is 0 Å². The lowest BCUT2D eigenvalue weighted by molar-refractivity contribution is 0.700. The molecule has 0 spiro atoms. The molecule has 0 radical (unpaired) electrons. The highest BCUT2D eigenvalue weighted by Crippen LogP contribution is 1.85. The fraction of sp³-hybridized carbons (Fsp3) is 0.800. The van der Waals surface area contributed by atoms with Crippen LogP contribution in [0.15, 0.2) is 0 Å². The van der Waals surface area contributed by atoms with Crippen molar-refractivity contribution in [1.82, 2.24) is 5.32 Å². The largest absolute Gasteiger partial charge is 0.388 e. The van der Waals surface area contributed by atoms with Gasteiger partial charge >= 0.3 is 0 Å². The lowest BCUT2D eigenvalue weighted by atomic mass is 10.4. The summed E-state index contributed by atoms with van der Waals surface area (Å²) in [6, 6.07) is 0. The van der Waals surface area contributed by atoms with Gasteiger partial charge in [0.05, 0.1) is 5.84 Å². The smallest absolute Gasteiger partial charge is 0.0918 e. The van der Waals surface area contributed by atoms with E-state index in [0.717, 1.165) is 6.54 Å². The summed E-state index contributed by atoms with van der Waals surface area (Å²) in [6.45, 7) is 2.67. The van der Waals surface area contributed by atoms with Gasteiger partial charge in [-0.05, 0) is 6.92 Å². The molecule has 0 rings (SSSR count). The highest BCUT2D eigenvalue weighted by Gasteiger charge is 1.92. The fourth-order valence-corrected chi connectivity index (χ4v) is 0.545. The van der Waals surface area contributed by atoms with E-state index >= 15 is 0 Å². The summed E-state index contributed by atoms with van der Waals surface area (Å²) in [5.41, 5.74) is 5.10. The third kappa shape index (κ3) is 17.9. The minimum absolute atomic E-state index is 0. The maximum Gasteiger partial charge on any atom is 0.0918 e. The fourth-order valence-electron chi connectivity index (χ4n) is 0.416. The molecule has 0 amide bonds. The number of nitrogens with one attached hydrogen (secondary N) is 2. The predicted molar refractivity (Wildman–Crippen MR) is 57.5 cm³/mol. The van der Waals surface area contributed by atoms with Crippen LogP contribution in [-0.4, -0.2) is 17.8 Å². The van der Waals surface area contributed by atoms with E-state index in [-0.39, 0.29) is 36.0 Å². The molecule has 0 aliphatic heterocycles. The van der Waals surface area contributed by atoms with E-state index in [2.05, 4.69) is 17.9 Å². The molecular weight excluding hydrogens is 205 g/mol. The van der Waals surface area contributed by atoms with Crippen molar-refractivity contribution in [2.75, 3.05) is 6.54 Å². The van der Waals surface area contributed by atoms with Crippen LogP contribution in [0, 0.1) is 5.41 Å². The SMILES string of the molecule is CC(S)NCCC(=N)N.Cl.Cl. The van der Waals surface area contributed by atoms with Crippen LogP contribution in [0.25, 0.3) is 0 Å². The minimum Gasteiger partial charge on any atom is -0.388 e. The Kier molecular flexibility index (Phi) is 16.4. The molecule has 3 nitrogen and oxygen atoms in total. The lowest BCUT2D eigenvalue weighted by Crippen LogP contribution is -2.25. The molecule has 70 valence electrons. The van der Waals surface area contributed by atoms with E-state index in [9.17, 15) is 0 Å². The number of amidine groups is 1. The van der Waals surface area contributed by atoms with Gasteiger partial charge in [-0.25, -0.2) is 0 Å². The third-order valence-electron chi connectivity index (χ3n) is 0.834. The highest BCUT2D eigenvalue weighted by molar-refractivity contribution is 7.80. The van der Waals surface area contributed by atoms with Gasteiger partial charge in [0.2, 0.25) is 0 Å². The molecule has 1 unspecified atom stereocenters. The maximum atomic E-state index is 6.85. The Morgan fingerprint density at radius 3 is 2.36 bits per heavy atom. The molecule has 0 saturated carbocycles. The number of rotatable bonds is 4. The molecule has 0 fully saturated rings.